The van der Waals surface area contributed by atoms with Gasteiger partial charge in [-0.15, -0.1) is 12.4 Å². The Hall–Kier alpha value is -0.810. The van der Waals surface area contributed by atoms with Crippen molar-refractivity contribution in [2.24, 2.45) is 17.6 Å². The summed E-state index contributed by atoms with van der Waals surface area (Å²) in [6.45, 7) is 6.09. The molecule has 1 saturated carbocycles. The molecule has 1 saturated heterocycles. The van der Waals surface area contributed by atoms with Crippen LogP contribution in [-0.4, -0.2) is 41.9 Å². The molecule has 2 aliphatic rings. The van der Waals surface area contributed by atoms with Crippen LogP contribution in [0.2, 0.25) is 0 Å². The van der Waals surface area contributed by atoms with E-state index in [2.05, 4.69) is 5.32 Å². The van der Waals surface area contributed by atoms with Gasteiger partial charge < -0.3 is 16.0 Å². The van der Waals surface area contributed by atoms with Crippen LogP contribution in [0.5, 0.6) is 0 Å². The lowest BCUT2D eigenvalue weighted by atomic mass is 9.73. The number of carbonyl (C=O) groups is 2. The summed E-state index contributed by atoms with van der Waals surface area (Å²) in [6, 6.07) is 0. The Balaban J connectivity index is 0.00000264. The molecule has 2 rings (SSSR count). The maximum absolute atomic E-state index is 12.9. The van der Waals surface area contributed by atoms with Crippen molar-refractivity contribution < 1.29 is 9.59 Å². The van der Waals surface area contributed by atoms with Crippen LogP contribution in [0, 0.1) is 11.8 Å². The van der Waals surface area contributed by atoms with E-state index in [1.807, 2.05) is 18.7 Å². The molecule has 3 N–H and O–H groups in total. The minimum absolute atomic E-state index is 0. The Kier molecular flexibility index (Phi) is 7.81. The third-order valence-corrected chi connectivity index (χ3v) is 5.21. The van der Waals surface area contributed by atoms with E-state index in [-0.39, 0.29) is 36.1 Å². The number of halogens is 1. The molecule has 0 radical (unpaired) electrons. The van der Waals surface area contributed by atoms with Crippen molar-refractivity contribution >= 4 is 24.2 Å². The summed E-state index contributed by atoms with van der Waals surface area (Å²) in [5.41, 5.74) is 5.97. The smallest absolute Gasteiger partial charge is 0.227 e. The van der Waals surface area contributed by atoms with Crippen LogP contribution < -0.4 is 11.1 Å². The van der Waals surface area contributed by atoms with Gasteiger partial charge in [-0.1, -0.05) is 19.8 Å². The maximum atomic E-state index is 12.9. The molecule has 2 fully saturated rings. The number of hydrogen-bond acceptors (Lipinski definition) is 3. The van der Waals surface area contributed by atoms with Crippen molar-refractivity contribution in [1.29, 1.82) is 0 Å². The second kappa shape index (κ2) is 8.88. The van der Waals surface area contributed by atoms with Crippen LogP contribution in [0.15, 0.2) is 0 Å². The van der Waals surface area contributed by atoms with E-state index in [4.69, 9.17) is 5.73 Å². The number of nitrogens with zero attached hydrogens (tertiary/aromatic N) is 1. The highest BCUT2D eigenvalue weighted by Crippen LogP contribution is 2.33. The summed E-state index contributed by atoms with van der Waals surface area (Å²) in [6.07, 6.45) is 6.71. The van der Waals surface area contributed by atoms with Crippen LogP contribution in [0.25, 0.3) is 0 Å². The average Bonchev–Trinajstić information content (AvgIpc) is 2.51. The SMILES string of the molecule is CCCNC(=O)C1CCCN(C(=O)C2CCCCC2(C)N)C1.Cl. The van der Waals surface area contributed by atoms with Gasteiger partial charge >= 0.3 is 0 Å². The molecule has 5 nitrogen and oxygen atoms in total. The highest BCUT2D eigenvalue weighted by Gasteiger charge is 2.41. The summed E-state index contributed by atoms with van der Waals surface area (Å²) in [4.78, 5) is 26.9. The van der Waals surface area contributed by atoms with E-state index in [9.17, 15) is 9.59 Å². The third kappa shape index (κ3) is 5.08. The van der Waals surface area contributed by atoms with Crippen molar-refractivity contribution in [2.45, 2.75) is 64.3 Å². The van der Waals surface area contributed by atoms with Crippen molar-refractivity contribution in [3.8, 4) is 0 Å². The molecular weight excluding hydrogens is 314 g/mol. The van der Waals surface area contributed by atoms with Gasteiger partial charge in [0.1, 0.15) is 0 Å². The summed E-state index contributed by atoms with van der Waals surface area (Å²) < 4.78 is 0. The molecule has 1 aliphatic heterocycles. The Labute approximate surface area is 146 Å². The number of likely N-dealkylation sites (tertiary alicyclic amines) is 1. The predicted molar refractivity (Wildman–Crippen MR) is 94.4 cm³/mol. The van der Waals surface area contributed by atoms with Crippen molar-refractivity contribution in [2.75, 3.05) is 19.6 Å². The normalized spacial score (nSPS) is 31.2. The summed E-state index contributed by atoms with van der Waals surface area (Å²) in [7, 11) is 0. The summed E-state index contributed by atoms with van der Waals surface area (Å²) in [5.74, 6) is 0.117. The van der Waals surface area contributed by atoms with Crippen LogP contribution >= 0.6 is 12.4 Å². The standard InChI is InChI=1S/C17H31N3O2.ClH/c1-3-10-19-15(21)13-7-6-11-20(12-13)16(22)14-8-4-5-9-17(14,2)18;/h13-14H,3-12,18H2,1-2H3,(H,19,21);1H. The summed E-state index contributed by atoms with van der Waals surface area (Å²) >= 11 is 0. The zero-order chi connectivity index (χ0) is 16.2. The lowest BCUT2D eigenvalue weighted by molar-refractivity contribution is -0.142. The zero-order valence-electron chi connectivity index (χ0n) is 14.5. The lowest BCUT2D eigenvalue weighted by Gasteiger charge is -2.42. The molecule has 3 unspecified atom stereocenters. The molecule has 0 bridgehead atoms. The van der Waals surface area contributed by atoms with Crippen LogP contribution in [0.1, 0.15) is 58.8 Å². The van der Waals surface area contributed by atoms with Crippen LogP contribution in [0.3, 0.4) is 0 Å². The second-order valence-electron chi connectivity index (χ2n) is 7.22. The molecule has 6 heteroatoms. The molecule has 134 valence electrons. The van der Waals surface area contributed by atoms with Crippen molar-refractivity contribution in [1.82, 2.24) is 10.2 Å². The number of hydrogen-bond donors (Lipinski definition) is 2. The first-order valence-electron chi connectivity index (χ1n) is 8.81. The van der Waals surface area contributed by atoms with Gasteiger partial charge in [-0.3, -0.25) is 9.59 Å². The van der Waals surface area contributed by atoms with Gasteiger partial charge in [0.15, 0.2) is 0 Å². The Morgan fingerprint density at radius 3 is 2.65 bits per heavy atom. The molecular formula is C17H32ClN3O2. The minimum atomic E-state index is -0.396. The molecule has 0 aromatic carbocycles. The third-order valence-electron chi connectivity index (χ3n) is 5.21. The fraction of sp³-hybridized carbons (Fsp3) is 0.882. The highest BCUT2D eigenvalue weighted by molar-refractivity contribution is 5.85. The summed E-state index contributed by atoms with van der Waals surface area (Å²) in [5, 5.41) is 2.96. The van der Waals surface area contributed by atoms with Gasteiger partial charge in [0.2, 0.25) is 11.8 Å². The maximum Gasteiger partial charge on any atom is 0.227 e. The Morgan fingerprint density at radius 1 is 1.26 bits per heavy atom. The van der Waals surface area contributed by atoms with Gasteiger partial charge in [-0.2, -0.15) is 0 Å². The van der Waals surface area contributed by atoms with E-state index in [1.165, 1.54) is 0 Å². The fourth-order valence-corrected chi connectivity index (χ4v) is 3.77. The predicted octanol–water partition coefficient (Wildman–Crippen LogP) is 2.08. The highest BCUT2D eigenvalue weighted by atomic mass is 35.5. The van der Waals surface area contributed by atoms with Gasteiger partial charge in [0.05, 0.1) is 11.8 Å². The Bertz CT molecular complexity index is 415. The molecule has 1 heterocycles. The van der Waals surface area contributed by atoms with Gasteiger partial charge in [0, 0.05) is 25.2 Å². The minimum Gasteiger partial charge on any atom is -0.356 e. The number of amides is 2. The quantitative estimate of drug-likeness (QED) is 0.819. The zero-order valence-corrected chi connectivity index (χ0v) is 15.3. The molecule has 3 atom stereocenters. The molecule has 0 spiro atoms. The van der Waals surface area contributed by atoms with Crippen LogP contribution in [0.4, 0.5) is 0 Å². The molecule has 0 aromatic rings. The number of piperidine rings is 1. The Morgan fingerprint density at radius 2 is 2.00 bits per heavy atom. The largest absolute Gasteiger partial charge is 0.356 e. The topological polar surface area (TPSA) is 75.4 Å². The van der Waals surface area contributed by atoms with Gasteiger partial charge in [-0.25, -0.2) is 0 Å². The monoisotopic (exact) mass is 345 g/mol. The van der Waals surface area contributed by atoms with E-state index in [1.54, 1.807) is 0 Å². The first-order valence-corrected chi connectivity index (χ1v) is 8.81. The van der Waals surface area contributed by atoms with Crippen molar-refractivity contribution in [3.63, 3.8) is 0 Å². The van der Waals surface area contributed by atoms with E-state index < -0.39 is 5.54 Å². The number of carbonyl (C=O) groups excluding carboxylic acids is 2. The molecule has 1 aliphatic carbocycles. The second-order valence-corrected chi connectivity index (χ2v) is 7.22. The number of rotatable bonds is 4. The first-order chi connectivity index (χ1) is 10.5. The average molecular weight is 346 g/mol. The number of nitrogens with one attached hydrogen (secondary N) is 1. The van der Waals surface area contributed by atoms with Crippen LogP contribution in [-0.2, 0) is 9.59 Å². The molecule has 0 aromatic heterocycles. The van der Waals surface area contributed by atoms with Gasteiger partial charge in [0.25, 0.3) is 0 Å². The van der Waals surface area contributed by atoms with Crippen molar-refractivity contribution in [3.05, 3.63) is 0 Å². The molecule has 23 heavy (non-hydrogen) atoms. The molecule has 2 amide bonds. The fourth-order valence-electron chi connectivity index (χ4n) is 3.77. The first kappa shape index (κ1) is 20.2. The number of nitrogens with two attached hydrogens (primary N) is 1. The van der Waals surface area contributed by atoms with E-state index >= 15 is 0 Å². The van der Waals surface area contributed by atoms with E-state index in [0.29, 0.717) is 13.1 Å². The van der Waals surface area contributed by atoms with Gasteiger partial charge in [-0.05, 0) is 39.0 Å². The lowest BCUT2D eigenvalue weighted by Crippen LogP contribution is -2.56. The van der Waals surface area contributed by atoms with E-state index in [0.717, 1.165) is 51.5 Å².